The summed E-state index contributed by atoms with van der Waals surface area (Å²) in [5.41, 5.74) is 4.67. The van der Waals surface area contributed by atoms with E-state index in [4.69, 9.17) is 5.11 Å². The van der Waals surface area contributed by atoms with E-state index in [-0.39, 0.29) is 6.42 Å². The maximum absolute atomic E-state index is 11.2. The van der Waals surface area contributed by atoms with E-state index in [0.29, 0.717) is 0 Å². The van der Waals surface area contributed by atoms with Crippen molar-refractivity contribution < 1.29 is 9.90 Å². The highest BCUT2D eigenvalue weighted by atomic mass is 16.4. The van der Waals surface area contributed by atoms with Gasteiger partial charge in [-0.15, -0.1) is 0 Å². The highest BCUT2D eigenvalue weighted by Crippen LogP contribution is 2.34. The third kappa shape index (κ3) is 2.25. The molecule has 3 aromatic carbocycles. The van der Waals surface area contributed by atoms with E-state index in [1.165, 1.54) is 32.8 Å². The van der Waals surface area contributed by atoms with Gasteiger partial charge in [-0.3, -0.25) is 4.79 Å². The fourth-order valence-corrected chi connectivity index (χ4v) is 3.35. The van der Waals surface area contributed by atoms with Gasteiger partial charge in [0.05, 0.1) is 6.42 Å². The summed E-state index contributed by atoms with van der Waals surface area (Å²) in [6, 6.07) is 12.6. The molecule has 0 spiro atoms. The fraction of sp³-hybridized carbons (Fsp3) is 0.250. The van der Waals surface area contributed by atoms with E-state index in [9.17, 15) is 4.79 Å². The van der Waals surface area contributed by atoms with Crippen LogP contribution in [0.5, 0.6) is 0 Å². The lowest BCUT2D eigenvalue weighted by Crippen LogP contribution is -2.02. The standard InChI is InChI=1S/C20H20O2/c1-4-14-7-8-15(11-18(21)22)17-10-9-16-12(2)5-6-13(3)19(16)20(14)17/h5-10H,4,11H2,1-3H3,(H,21,22). The maximum atomic E-state index is 11.2. The normalized spacial score (nSPS) is 11.2. The zero-order chi connectivity index (χ0) is 15.9. The number of hydrogen-bond acceptors (Lipinski definition) is 1. The third-order valence-corrected chi connectivity index (χ3v) is 4.48. The second-order valence-electron chi connectivity index (χ2n) is 5.92. The molecule has 0 saturated carbocycles. The van der Waals surface area contributed by atoms with E-state index in [0.717, 1.165) is 17.4 Å². The van der Waals surface area contributed by atoms with Crippen LogP contribution in [-0.4, -0.2) is 11.1 Å². The molecule has 3 aromatic rings. The summed E-state index contributed by atoms with van der Waals surface area (Å²) in [5, 5.41) is 14.0. The summed E-state index contributed by atoms with van der Waals surface area (Å²) in [5.74, 6) is -0.786. The Hall–Kier alpha value is -2.35. The molecule has 0 bridgehead atoms. The molecule has 0 heterocycles. The van der Waals surface area contributed by atoms with Crippen LogP contribution in [0.4, 0.5) is 0 Å². The summed E-state index contributed by atoms with van der Waals surface area (Å²) >= 11 is 0. The molecule has 0 aliphatic rings. The van der Waals surface area contributed by atoms with Crippen LogP contribution in [0.15, 0.2) is 36.4 Å². The second-order valence-corrected chi connectivity index (χ2v) is 5.92. The van der Waals surface area contributed by atoms with Crippen LogP contribution in [0.1, 0.15) is 29.2 Å². The molecule has 0 unspecified atom stereocenters. The van der Waals surface area contributed by atoms with Gasteiger partial charge in [-0.25, -0.2) is 0 Å². The van der Waals surface area contributed by atoms with Crippen molar-refractivity contribution in [1.29, 1.82) is 0 Å². The van der Waals surface area contributed by atoms with Crippen molar-refractivity contribution >= 4 is 27.5 Å². The smallest absolute Gasteiger partial charge is 0.307 e. The highest BCUT2D eigenvalue weighted by Gasteiger charge is 2.13. The first-order valence-corrected chi connectivity index (χ1v) is 7.68. The predicted molar refractivity (Wildman–Crippen MR) is 91.6 cm³/mol. The predicted octanol–water partition coefficient (Wildman–Crippen LogP) is 4.80. The van der Waals surface area contributed by atoms with Crippen molar-refractivity contribution in [2.75, 3.05) is 0 Å². The van der Waals surface area contributed by atoms with Crippen LogP contribution in [0.25, 0.3) is 21.5 Å². The van der Waals surface area contributed by atoms with Gasteiger partial charge in [-0.2, -0.15) is 0 Å². The third-order valence-electron chi connectivity index (χ3n) is 4.48. The fourth-order valence-electron chi connectivity index (χ4n) is 3.35. The zero-order valence-electron chi connectivity index (χ0n) is 13.2. The van der Waals surface area contributed by atoms with Crippen molar-refractivity contribution in [3.63, 3.8) is 0 Å². The molecule has 1 N–H and O–H groups in total. The molecule has 0 saturated heterocycles. The van der Waals surface area contributed by atoms with Gasteiger partial charge >= 0.3 is 5.97 Å². The Labute approximate surface area is 130 Å². The Balaban J connectivity index is 2.51. The van der Waals surface area contributed by atoms with E-state index in [1.54, 1.807) is 0 Å². The van der Waals surface area contributed by atoms with Gasteiger partial charge in [0.15, 0.2) is 0 Å². The lowest BCUT2D eigenvalue weighted by Gasteiger charge is -2.15. The molecule has 0 radical (unpaired) electrons. The van der Waals surface area contributed by atoms with E-state index in [1.807, 2.05) is 6.07 Å². The highest BCUT2D eigenvalue weighted by molar-refractivity contribution is 6.12. The summed E-state index contributed by atoms with van der Waals surface area (Å²) in [7, 11) is 0. The lowest BCUT2D eigenvalue weighted by atomic mass is 9.89. The van der Waals surface area contributed by atoms with Gasteiger partial charge in [0.25, 0.3) is 0 Å². The van der Waals surface area contributed by atoms with Crippen molar-refractivity contribution in [3.05, 3.63) is 58.7 Å². The minimum Gasteiger partial charge on any atom is -0.481 e. The number of hydrogen-bond donors (Lipinski definition) is 1. The summed E-state index contributed by atoms with van der Waals surface area (Å²) in [4.78, 5) is 11.2. The number of carboxylic acid groups (broad SMARTS) is 1. The Morgan fingerprint density at radius 3 is 2.18 bits per heavy atom. The van der Waals surface area contributed by atoms with Crippen LogP contribution in [0.3, 0.4) is 0 Å². The molecule has 112 valence electrons. The first-order valence-electron chi connectivity index (χ1n) is 7.68. The number of carboxylic acids is 1. The number of aliphatic carboxylic acids is 1. The Kier molecular flexibility index (Phi) is 3.61. The number of carbonyl (C=O) groups is 1. The minimum atomic E-state index is -0.786. The first-order chi connectivity index (χ1) is 10.5. The van der Waals surface area contributed by atoms with Crippen molar-refractivity contribution in [3.8, 4) is 0 Å². The largest absolute Gasteiger partial charge is 0.481 e. The van der Waals surface area contributed by atoms with Crippen LogP contribution < -0.4 is 0 Å². The number of benzene rings is 3. The first kappa shape index (κ1) is 14.6. The van der Waals surface area contributed by atoms with Gasteiger partial charge in [-0.1, -0.05) is 43.3 Å². The van der Waals surface area contributed by atoms with Crippen molar-refractivity contribution in [2.24, 2.45) is 0 Å². The molecule has 0 atom stereocenters. The molecule has 0 aliphatic heterocycles. The molecule has 0 aliphatic carbocycles. The van der Waals surface area contributed by atoms with Gasteiger partial charge in [0.2, 0.25) is 0 Å². The van der Waals surface area contributed by atoms with Gasteiger partial charge in [0.1, 0.15) is 0 Å². The van der Waals surface area contributed by atoms with E-state index >= 15 is 0 Å². The lowest BCUT2D eigenvalue weighted by molar-refractivity contribution is -0.136. The van der Waals surface area contributed by atoms with Crippen LogP contribution >= 0.6 is 0 Å². The quantitative estimate of drug-likeness (QED) is 0.704. The average molecular weight is 292 g/mol. The molecule has 3 rings (SSSR count). The second kappa shape index (κ2) is 5.45. The van der Waals surface area contributed by atoms with Crippen LogP contribution in [-0.2, 0) is 17.6 Å². The molecule has 2 heteroatoms. The zero-order valence-corrected chi connectivity index (χ0v) is 13.2. The summed E-state index contributed by atoms with van der Waals surface area (Å²) in [6.45, 7) is 6.40. The van der Waals surface area contributed by atoms with Crippen LogP contribution in [0.2, 0.25) is 0 Å². The Morgan fingerprint density at radius 1 is 0.864 bits per heavy atom. The van der Waals surface area contributed by atoms with E-state index < -0.39 is 5.97 Å². The topological polar surface area (TPSA) is 37.3 Å². The van der Waals surface area contributed by atoms with Gasteiger partial charge in [0, 0.05) is 0 Å². The Morgan fingerprint density at radius 2 is 1.50 bits per heavy atom. The molecule has 2 nitrogen and oxygen atoms in total. The van der Waals surface area contributed by atoms with Crippen molar-refractivity contribution in [2.45, 2.75) is 33.6 Å². The Bertz CT molecular complexity index is 891. The average Bonchev–Trinajstić information content (AvgIpc) is 2.50. The molecular weight excluding hydrogens is 272 g/mol. The monoisotopic (exact) mass is 292 g/mol. The number of fused-ring (bicyclic) bond motifs is 3. The molecule has 0 aromatic heterocycles. The summed E-state index contributed by atoms with van der Waals surface area (Å²) in [6.07, 6.45) is 1.01. The van der Waals surface area contributed by atoms with Crippen LogP contribution in [0, 0.1) is 13.8 Å². The minimum absolute atomic E-state index is 0.0663. The SMILES string of the molecule is CCc1ccc(CC(=O)O)c2ccc3c(C)ccc(C)c3c12. The number of aryl methyl sites for hydroxylation is 3. The molecule has 0 fully saturated rings. The molecule has 0 amide bonds. The van der Waals surface area contributed by atoms with Gasteiger partial charge < -0.3 is 5.11 Å². The summed E-state index contributed by atoms with van der Waals surface area (Å²) < 4.78 is 0. The van der Waals surface area contributed by atoms with E-state index in [2.05, 4.69) is 51.1 Å². The number of rotatable bonds is 3. The maximum Gasteiger partial charge on any atom is 0.307 e. The van der Waals surface area contributed by atoms with Gasteiger partial charge in [-0.05, 0) is 64.1 Å². The van der Waals surface area contributed by atoms with Crippen molar-refractivity contribution in [1.82, 2.24) is 0 Å². The molecule has 22 heavy (non-hydrogen) atoms. The molecular formula is C20H20O2.